The van der Waals surface area contributed by atoms with Crippen molar-refractivity contribution >= 4 is 23.7 Å². The maximum absolute atomic E-state index is 13.0. The molecule has 4 amide bonds. The minimum absolute atomic E-state index is 0.194. The van der Waals surface area contributed by atoms with E-state index in [0.717, 1.165) is 42.7 Å². The Labute approximate surface area is 186 Å². The maximum Gasteiger partial charge on any atom is 0.573 e. The zero-order chi connectivity index (χ0) is 23.8. The van der Waals surface area contributed by atoms with Crippen LogP contribution in [0.25, 0.3) is 0 Å². The molecule has 33 heavy (non-hydrogen) atoms. The van der Waals surface area contributed by atoms with Gasteiger partial charge in [0.2, 0.25) is 5.91 Å². The number of anilines is 1. The summed E-state index contributed by atoms with van der Waals surface area (Å²) in [6.45, 7) is 0.894. The summed E-state index contributed by atoms with van der Waals surface area (Å²) < 4.78 is 42.7. The minimum atomic E-state index is -4.85. The molecule has 0 spiro atoms. The number of ether oxygens (including phenoxy) is 1. The van der Waals surface area contributed by atoms with Crippen molar-refractivity contribution in [1.29, 1.82) is 0 Å². The van der Waals surface area contributed by atoms with Crippen LogP contribution in [0.2, 0.25) is 0 Å². The van der Waals surface area contributed by atoms with E-state index < -0.39 is 42.0 Å². The fourth-order valence-electron chi connectivity index (χ4n) is 4.21. The van der Waals surface area contributed by atoms with Gasteiger partial charge >= 0.3 is 12.4 Å². The lowest BCUT2D eigenvalue weighted by Gasteiger charge is -2.22. The van der Waals surface area contributed by atoms with Crippen LogP contribution in [0.4, 0.5) is 23.8 Å². The molecule has 1 aromatic heterocycles. The number of hydrogen-bond donors (Lipinski definition) is 2. The zero-order valence-corrected chi connectivity index (χ0v) is 17.7. The average Bonchev–Trinajstić information content (AvgIpc) is 3.45. The molecule has 2 aromatic rings. The van der Waals surface area contributed by atoms with Gasteiger partial charge in [-0.1, -0.05) is 25.0 Å². The predicted molar refractivity (Wildman–Crippen MR) is 109 cm³/mol. The number of urea groups is 1. The van der Waals surface area contributed by atoms with E-state index in [9.17, 15) is 27.6 Å². The van der Waals surface area contributed by atoms with Crippen LogP contribution >= 0.6 is 0 Å². The molecule has 176 valence electrons. The molecule has 1 atom stereocenters. The van der Waals surface area contributed by atoms with Crippen molar-refractivity contribution in [3.8, 4) is 5.75 Å². The summed E-state index contributed by atoms with van der Waals surface area (Å²) in [5.74, 6) is -1.24. The van der Waals surface area contributed by atoms with Crippen molar-refractivity contribution < 1.29 is 32.3 Å². The number of nitrogens with zero attached hydrogens (tertiary/aromatic N) is 3. The van der Waals surface area contributed by atoms with Crippen LogP contribution in [0.15, 0.2) is 36.5 Å². The first-order valence-corrected chi connectivity index (χ1v) is 10.4. The van der Waals surface area contributed by atoms with Gasteiger partial charge in [-0.15, -0.1) is 13.2 Å². The van der Waals surface area contributed by atoms with Crippen LogP contribution in [-0.2, 0) is 15.1 Å². The van der Waals surface area contributed by atoms with Crippen molar-refractivity contribution in [2.45, 2.75) is 50.6 Å². The summed E-state index contributed by atoms with van der Waals surface area (Å²) in [4.78, 5) is 38.8. The Morgan fingerprint density at radius 2 is 1.88 bits per heavy atom. The molecule has 1 aromatic carbocycles. The Kier molecular flexibility index (Phi) is 5.76. The van der Waals surface area contributed by atoms with E-state index in [-0.39, 0.29) is 11.6 Å². The Morgan fingerprint density at radius 1 is 1.21 bits per heavy atom. The number of carbonyl (C=O) groups excluding carboxylic acids is 3. The van der Waals surface area contributed by atoms with Crippen LogP contribution < -0.4 is 15.4 Å². The molecule has 12 heteroatoms. The molecule has 0 bridgehead atoms. The molecular formula is C21H22F3N5O4. The average molecular weight is 465 g/mol. The minimum Gasteiger partial charge on any atom is -0.406 e. The van der Waals surface area contributed by atoms with Gasteiger partial charge in [0.15, 0.2) is 0 Å². The number of carbonyl (C=O) groups is 3. The normalized spacial score (nSPS) is 21.4. The monoisotopic (exact) mass is 465 g/mol. The maximum atomic E-state index is 13.0. The number of hydrogen-bond acceptors (Lipinski definition) is 5. The molecule has 4 rings (SSSR count). The first kappa shape index (κ1) is 22.6. The van der Waals surface area contributed by atoms with Crippen molar-refractivity contribution in [3.63, 3.8) is 0 Å². The van der Waals surface area contributed by atoms with Gasteiger partial charge in [-0.3, -0.25) is 14.5 Å². The number of imide groups is 1. The van der Waals surface area contributed by atoms with E-state index in [1.807, 2.05) is 0 Å². The van der Waals surface area contributed by atoms with Gasteiger partial charge in [-0.2, -0.15) is 5.10 Å². The predicted octanol–water partition coefficient (Wildman–Crippen LogP) is 3.30. The SMILES string of the molecule is CC1(c2ccc(OC(F)(F)F)cc2)NC(=O)N(CC(=O)Nc2ccnn2C2CCCC2)C1=O. The smallest absolute Gasteiger partial charge is 0.406 e. The fraction of sp³-hybridized carbons (Fsp3) is 0.429. The molecule has 2 N–H and O–H groups in total. The largest absolute Gasteiger partial charge is 0.573 e. The highest BCUT2D eigenvalue weighted by atomic mass is 19.4. The Morgan fingerprint density at radius 3 is 2.52 bits per heavy atom. The second-order valence-electron chi connectivity index (χ2n) is 8.17. The van der Waals surface area contributed by atoms with Crippen molar-refractivity contribution in [2.75, 3.05) is 11.9 Å². The van der Waals surface area contributed by atoms with Crippen LogP contribution in [0.5, 0.6) is 5.75 Å². The summed E-state index contributed by atoms with van der Waals surface area (Å²) in [7, 11) is 0. The first-order chi connectivity index (χ1) is 15.6. The number of halogens is 3. The number of nitrogens with one attached hydrogen (secondary N) is 2. The van der Waals surface area contributed by atoms with E-state index in [1.54, 1.807) is 16.9 Å². The quantitative estimate of drug-likeness (QED) is 0.637. The van der Waals surface area contributed by atoms with Gasteiger partial charge in [-0.05, 0) is 37.5 Å². The fourth-order valence-corrected chi connectivity index (χ4v) is 4.21. The van der Waals surface area contributed by atoms with Crippen LogP contribution in [-0.4, -0.2) is 45.4 Å². The summed E-state index contributed by atoms with van der Waals surface area (Å²) in [5.41, 5.74) is -1.29. The lowest BCUT2D eigenvalue weighted by molar-refractivity contribution is -0.274. The first-order valence-electron chi connectivity index (χ1n) is 10.4. The summed E-state index contributed by atoms with van der Waals surface area (Å²) in [5, 5.41) is 9.47. The number of aromatic nitrogens is 2. The molecule has 1 saturated heterocycles. The van der Waals surface area contributed by atoms with Gasteiger partial charge in [0.05, 0.1) is 12.2 Å². The molecule has 1 unspecified atom stereocenters. The third-order valence-electron chi connectivity index (χ3n) is 5.85. The molecule has 2 aliphatic rings. The second-order valence-corrected chi connectivity index (χ2v) is 8.17. The highest BCUT2D eigenvalue weighted by Gasteiger charge is 2.49. The highest BCUT2D eigenvalue weighted by molar-refractivity contribution is 6.10. The zero-order valence-electron chi connectivity index (χ0n) is 17.7. The molecule has 1 aliphatic carbocycles. The van der Waals surface area contributed by atoms with E-state index in [4.69, 9.17) is 0 Å². The number of amides is 4. The molecule has 1 aliphatic heterocycles. The van der Waals surface area contributed by atoms with E-state index in [0.29, 0.717) is 5.82 Å². The van der Waals surface area contributed by atoms with Gasteiger partial charge in [-0.25, -0.2) is 9.48 Å². The lowest BCUT2D eigenvalue weighted by Crippen LogP contribution is -2.42. The van der Waals surface area contributed by atoms with Gasteiger partial charge in [0.1, 0.15) is 23.7 Å². The Balaban J connectivity index is 1.44. The van der Waals surface area contributed by atoms with Crippen LogP contribution in [0, 0.1) is 0 Å². The van der Waals surface area contributed by atoms with Crippen LogP contribution in [0.3, 0.4) is 0 Å². The number of benzene rings is 1. The lowest BCUT2D eigenvalue weighted by atomic mass is 9.92. The molecule has 1 saturated carbocycles. The molecule has 0 radical (unpaired) electrons. The van der Waals surface area contributed by atoms with Crippen molar-refractivity contribution in [2.24, 2.45) is 0 Å². The Bertz CT molecular complexity index is 1060. The van der Waals surface area contributed by atoms with Gasteiger partial charge < -0.3 is 15.4 Å². The summed E-state index contributed by atoms with van der Waals surface area (Å²) in [6, 6.07) is 5.67. The molecule has 9 nitrogen and oxygen atoms in total. The van der Waals surface area contributed by atoms with E-state index in [1.165, 1.54) is 19.1 Å². The molecular weight excluding hydrogens is 443 g/mol. The Hall–Kier alpha value is -3.57. The second kappa shape index (κ2) is 8.41. The van der Waals surface area contributed by atoms with Gasteiger partial charge in [0, 0.05) is 6.07 Å². The topological polar surface area (TPSA) is 106 Å². The van der Waals surface area contributed by atoms with Crippen LogP contribution in [0.1, 0.15) is 44.2 Å². The van der Waals surface area contributed by atoms with Crippen molar-refractivity contribution in [3.05, 3.63) is 42.1 Å². The van der Waals surface area contributed by atoms with Crippen molar-refractivity contribution in [1.82, 2.24) is 20.0 Å². The third kappa shape index (κ3) is 4.64. The molecule has 2 heterocycles. The standard InChI is InChI=1S/C21H22F3N5O4/c1-20(13-6-8-15(9-7-13)33-21(22,23)24)18(31)28(19(32)27-20)12-17(30)26-16-10-11-25-29(16)14-4-2-3-5-14/h6-11,14H,2-5,12H2,1H3,(H,26,30)(H,27,32). The number of alkyl halides is 3. The van der Waals surface area contributed by atoms with E-state index in [2.05, 4.69) is 20.5 Å². The number of rotatable bonds is 6. The highest BCUT2D eigenvalue weighted by Crippen LogP contribution is 2.32. The molecule has 2 fully saturated rings. The summed E-state index contributed by atoms with van der Waals surface area (Å²) >= 11 is 0. The summed E-state index contributed by atoms with van der Waals surface area (Å²) in [6.07, 6.45) is 0.820. The van der Waals surface area contributed by atoms with E-state index >= 15 is 0 Å². The third-order valence-corrected chi connectivity index (χ3v) is 5.85. The van der Waals surface area contributed by atoms with Gasteiger partial charge in [0.25, 0.3) is 5.91 Å².